The van der Waals surface area contributed by atoms with E-state index in [1.165, 1.54) is 16.9 Å². The molecule has 0 bridgehead atoms. The molecule has 6 nitrogen and oxygen atoms in total. The summed E-state index contributed by atoms with van der Waals surface area (Å²) in [5, 5.41) is 0.449. The van der Waals surface area contributed by atoms with Gasteiger partial charge >= 0.3 is 0 Å². The van der Waals surface area contributed by atoms with Crippen molar-refractivity contribution in [2.75, 3.05) is 36.8 Å². The normalized spacial score (nSPS) is 16.5. The molecular formula is C16H23N3O3S2. The van der Waals surface area contributed by atoms with Gasteiger partial charge in [-0.2, -0.15) is 0 Å². The number of sulfonamides is 1. The first kappa shape index (κ1) is 17.6. The number of aromatic nitrogens is 1. The molecule has 1 saturated heterocycles. The van der Waals surface area contributed by atoms with Gasteiger partial charge in [0.25, 0.3) is 0 Å². The molecule has 1 aromatic heterocycles. The van der Waals surface area contributed by atoms with Crippen molar-refractivity contribution in [2.45, 2.75) is 26.3 Å². The number of hydrogen-bond acceptors (Lipinski definition) is 6. The maximum absolute atomic E-state index is 12.0. The van der Waals surface area contributed by atoms with Gasteiger partial charge < -0.3 is 4.74 Å². The third-order valence-corrected chi connectivity index (χ3v) is 6.37. The lowest BCUT2D eigenvalue weighted by atomic mass is 10.2. The molecule has 0 radical (unpaired) electrons. The van der Waals surface area contributed by atoms with E-state index in [2.05, 4.69) is 26.7 Å². The highest BCUT2D eigenvalue weighted by Gasteiger charge is 2.14. The minimum atomic E-state index is -3.30. The standard InChI is InChI=1S/C16H23N3O3S2/c1-2-3-10-24(20,21)18-16-17-14-5-4-13(11-15(14)23-16)12-19-6-8-22-9-7-19/h4-5,11H,2-3,6-10,12H2,1H3,(H,17,18). The van der Waals surface area contributed by atoms with Gasteiger partial charge in [0.1, 0.15) is 0 Å². The summed E-state index contributed by atoms with van der Waals surface area (Å²) in [7, 11) is -3.30. The molecule has 132 valence electrons. The Morgan fingerprint density at radius 2 is 2.12 bits per heavy atom. The summed E-state index contributed by atoms with van der Waals surface area (Å²) >= 11 is 1.39. The van der Waals surface area contributed by atoms with Gasteiger partial charge in [0, 0.05) is 19.6 Å². The minimum Gasteiger partial charge on any atom is -0.379 e. The van der Waals surface area contributed by atoms with Crippen LogP contribution in [0.2, 0.25) is 0 Å². The first-order chi connectivity index (χ1) is 11.6. The number of morpholine rings is 1. The second-order valence-corrected chi connectivity index (χ2v) is 8.86. The Morgan fingerprint density at radius 1 is 1.33 bits per heavy atom. The van der Waals surface area contributed by atoms with Crippen LogP contribution in [0.25, 0.3) is 10.2 Å². The van der Waals surface area contributed by atoms with Crippen LogP contribution in [0, 0.1) is 0 Å². The van der Waals surface area contributed by atoms with E-state index in [9.17, 15) is 8.42 Å². The third-order valence-electron chi connectivity index (χ3n) is 3.97. The average molecular weight is 370 g/mol. The van der Waals surface area contributed by atoms with Crippen molar-refractivity contribution in [1.82, 2.24) is 9.88 Å². The van der Waals surface area contributed by atoms with E-state index in [4.69, 9.17) is 4.74 Å². The lowest BCUT2D eigenvalue weighted by Gasteiger charge is -2.26. The Hall–Kier alpha value is -1.22. The van der Waals surface area contributed by atoms with E-state index in [1.54, 1.807) is 0 Å². The largest absolute Gasteiger partial charge is 0.379 e. The zero-order valence-corrected chi connectivity index (χ0v) is 15.5. The Kier molecular flexibility index (Phi) is 5.70. The van der Waals surface area contributed by atoms with Crippen LogP contribution >= 0.6 is 11.3 Å². The number of benzene rings is 1. The second kappa shape index (κ2) is 7.77. The van der Waals surface area contributed by atoms with Crippen molar-refractivity contribution in [3.05, 3.63) is 23.8 Å². The fourth-order valence-corrected chi connectivity index (χ4v) is 5.06. The number of ether oxygens (including phenoxy) is 1. The smallest absolute Gasteiger partial charge is 0.234 e. The van der Waals surface area contributed by atoms with Crippen LogP contribution in [0.4, 0.5) is 5.13 Å². The fourth-order valence-electron chi connectivity index (χ4n) is 2.65. The van der Waals surface area contributed by atoms with E-state index >= 15 is 0 Å². The molecule has 0 atom stereocenters. The molecule has 0 unspecified atom stereocenters. The van der Waals surface area contributed by atoms with Crippen LogP contribution < -0.4 is 4.72 Å². The van der Waals surface area contributed by atoms with Crippen LogP contribution in [0.5, 0.6) is 0 Å². The van der Waals surface area contributed by atoms with Gasteiger partial charge in [-0.15, -0.1) is 0 Å². The van der Waals surface area contributed by atoms with Crippen LogP contribution in [0.3, 0.4) is 0 Å². The van der Waals surface area contributed by atoms with E-state index < -0.39 is 10.0 Å². The van der Waals surface area contributed by atoms with Gasteiger partial charge in [-0.3, -0.25) is 9.62 Å². The Bertz CT molecular complexity index is 783. The highest BCUT2D eigenvalue weighted by Crippen LogP contribution is 2.28. The lowest BCUT2D eigenvalue weighted by Crippen LogP contribution is -2.35. The van der Waals surface area contributed by atoms with Crippen molar-refractivity contribution in [3.63, 3.8) is 0 Å². The lowest BCUT2D eigenvalue weighted by molar-refractivity contribution is 0.0342. The number of rotatable bonds is 7. The zero-order chi connectivity index (χ0) is 17.0. The number of nitrogens with one attached hydrogen (secondary N) is 1. The van der Waals surface area contributed by atoms with Crippen molar-refractivity contribution in [2.24, 2.45) is 0 Å². The van der Waals surface area contributed by atoms with E-state index in [-0.39, 0.29) is 5.75 Å². The highest BCUT2D eigenvalue weighted by molar-refractivity contribution is 7.92. The van der Waals surface area contributed by atoms with Crippen molar-refractivity contribution in [1.29, 1.82) is 0 Å². The monoisotopic (exact) mass is 369 g/mol. The molecule has 1 aromatic carbocycles. The van der Waals surface area contributed by atoms with E-state index in [0.29, 0.717) is 11.6 Å². The maximum atomic E-state index is 12.0. The molecule has 1 aliphatic rings. The van der Waals surface area contributed by atoms with Crippen LogP contribution in [-0.4, -0.2) is 50.4 Å². The molecule has 2 aromatic rings. The topological polar surface area (TPSA) is 71.5 Å². The molecule has 3 rings (SSSR count). The van der Waals surface area contributed by atoms with Crippen molar-refractivity contribution in [3.8, 4) is 0 Å². The van der Waals surface area contributed by atoms with Gasteiger partial charge in [0.05, 0.1) is 29.2 Å². The van der Waals surface area contributed by atoms with Crippen molar-refractivity contribution < 1.29 is 13.2 Å². The first-order valence-electron chi connectivity index (χ1n) is 8.26. The molecule has 0 saturated carbocycles. The molecule has 2 heterocycles. The van der Waals surface area contributed by atoms with Crippen molar-refractivity contribution >= 4 is 36.7 Å². The molecule has 1 N–H and O–H groups in total. The van der Waals surface area contributed by atoms with Gasteiger partial charge in [0.2, 0.25) is 10.0 Å². The van der Waals surface area contributed by atoms with E-state index in [1.807, 2.05) is 13.0 Å². The summed E-state index contributed by atoms with van der Waals surface area (Å²) < 4.78 is 33.0. The van der Waals surface area contributed by atoms with E-state index in [0.717, 1.165) is 49.5 Å². The Labute approximate surface area is 146 Å². The Morgan fingerprint density at radius 3 is 2.88 bits per heavy atom. The molecule has 1 aliphatic heterocycles. The van der Waals surface area contributed by atoms with Crippen LogP contribution in [-0.2, 0) is 21.3 Å². The number of unbranched alkanes of at least 4 members (excludes halogenated alkanes) is 1. The SMILES string of the molecule is CCCCS(=O)(=O)Nc1nc2ccc(CN3CCOCC3)cc2s1. The zero-order valence-electron chi connectivity index (χ0n) is 13.8. The molecule has 8 heteroatoms. The number of hydrogen-bond donors (Lipinski definition) is 1. The molecule has 1 fully saturated rings. The Balaban J connectivity index is 1.71. The van der Waals surface area contributed by atoms with Gasteiger partial charge in [-0.1, -0.05) is 30.7 Å². The maximum Gasteiger partial charge on any atom is 0.234 e. The third kappa shape index (κ3) is 4.66. The van der Waals surface area contributed by atoms with Gasteiger partial charge in [-0.25, -0.2) is 13.4 Å². The average Bonchev–Trinajstić information content (AvgIpc) is 2.94. The summed E-state index contributed by atoms with van der Waals surface area (Å²) in [6.45, 7) is 6.32. The summed E-state index contributed by atoms with van der Waals surface area (Å²) in [5.41, 5.74) is 2.05. The first-order valence-corrected chi connectivity index (χ1v) is 10.7. The summed E-state index contributed by atoms with van der Waals surface area (Å²) in [6, 6.07) is 6.13. The molecule has 0 aliphatic carbocycles. The fraction of sp³-hybridized carbons (Fsp3) is 0.562. The predicted molar refractivity (Wildman–Crippen MR) is 98.0 cm³/mol. The molecule has 24 heavy (non-hydrogen) atoms. The number of nitrogens with zero attached hydrogens (tertiary/aromatic N) is 2. The molecular weight excluding hydrogens is 346 g/mol. The number of thiazole rings is 1. The summed E-state index contributed by atoms with van der Waals surface area (Å²) in [4.78, 5) is 6.75. The highest BCUT2D eigenvalue weighted by atomic mass is 32.2. The minimum absolute atomic E-state index is 0.141. The van der Waals surface area contributed by atoms with Crippen LogP contribution in [0.1, 0.15) is 25.3 Å². The number of anilines is 1. The quantitative estimate of drug-likeness (QED) is 0.812. The molecule has 0 amide bonds. The second-order valence-electron chi connectivity index (χ2n) is 5.98. The number of fused-ring (bicyclic) bond motifs is 1. The molecule has 0 spiro atoms. The van der Waals surface area contributed by atoms with Crippen LogP contribution in [0.15, 0.2) is 18.2 Å². The van der Waals surface area contributed by atoms with Gasteiger partial charge in [0.15, 0.2) is 5.13 Å². The predicted octanol–water partition coefficient (Wildman–Crippen LogP) is 2.67. The van der Waals surface area contributed by atoms with Gasteiger partial charge in [-0.05, 0) is 24.1 Å². The summed E-state index contributed by atoms with van der Waals surface area (Å²) in [6.07, 6.45) is 1.51. The summed E-state index contributed by atoms with van der Waals surface area (Å²) in [5.74, 6) is 0.141.